The average Bonchev–Trinajstić information content (AvgIpc) is 3.38. The molecule has 4 rings (SSSR count). The number of aryl methyl sites for hydroxylation is 2. The molecule has 0 unspecified atom stereocenters. The molecule has 0 saturated heterocycles. The van der Waals surface area contributed by atoms with E-state index in [9.17, 15) is 9.90 Å². The van der Waals surface area contributed by atoms with E-state index in [1.165, 1.54) is 0 Å². The maximum atomic E-state index is 12.8. The molecule has 1 amide bonds. The first-order valence-electron chi connectivity index (χ1n) is 10.1. The molecule has 2 heterocycles. The van der Waals surface area contributed by atoms with Gasteiger partial charge in [0.25, 0.3) is 5.91 Å². The van der Waals surface area contributed by atoms with Crippen molar-refractivity contribution in [2.75, 3.05) is 13.6 Å². The van der Waals surface area contributed by atoms with Crippen molar-refractivity contribution in [3.8, 4) is 17.1 Å². The van der Waals surface area contributed by atoms with Crippen LogP contribution < -0.4 is 10.6 Å². The zero-order valence-corrected chi connectivity index (χ0v) is 17.4. The van der Waals surface area contributed by atoms with E-state index in [2.05, 4.69) is 20.9 Å². The van der Waals surface area contributed by atoms with Crippen LogP contribution in [0.15, 0.2) is 51.5 Å². The number of carbonyl (C=O) groups excluding carboxylic acids is 1. The van der Waals surface area contributed by atoms with Crippen LogP contribution in [0.3, 0.4) is 0 Å². The summed E-state index contributed by atoms with van der Waals surface area (Å²) in [5, 5.41) is 24.8. The molecule has 0 aliphatic carbocycles. The molecule has 8 nitrogen and oxygen atoms in total. The molecule has 3 N–H and O–H groups in total. The van der Waals surface area contributed by atoms with E-state index in [0.29, 0.717) is 47.4 Å². The van der Waals surface area contributed by atoms with E-state index >= 15 is 0 Å². The van der Waals surface area contributed by atoms with E-state index < -0.39 is 0 Å². The van der Waals surface area contributed by atoms with E-state index in [-0.39, 0.29) is 11.7 Å². The van der Waals surface area contributed by atoms with Crippen molar-refractivity contribution in [2.24, 2.45) is 0 Å². The molecule has 0 bridgehead atoms. The van der Waals surface area contributed by atoms with Crippen LogP contribution in [-0.4, -0.2) is 34.9 Å². The number of rotatable bonds is 8. The fraction of sp³-hybridized carbons (Fsp3) is 0.261. The third kappa shape index (κ3) is 4.15. The summed E-state index contributed by atoms with van der Waals surface area (Å²) >= 11 is 0. The van der Waals surface area contributed by atoms with E-state index in [4.69, 9.17) is 9.05 Å². The van der Waals surface area contributed by atoms with Crippen LogP contribution in [0.2, 0.25) is 0 Å². The third-order valence-electron chi connectivity index (χ3n) is 5.25. The fourth-order valence-electron chi connectivity index (χ4n) is 3.64. The summed E-state index contributed by atoms with van der Waals surface area (Å²) in [5.41, 5.74) is 4.05. The lowest BCUT2D eigenvalue weighted by Crippen LogP contribution is -2.19. The summed E-state index contributed by atoms with van der Waals surface area (Å²) < 4.78 is 10.8. The summed E-state index contributed by atoms with van der Waals surface area (Å²) in [6.07, 6.45) is 1.32. The number of carbonyl (C=O) groups is 1. The van der Waals surface area contributed by atoms with Gasteiger partial charge in [0.15, 0.2) is 0 Å². The molecular formula is C23H24N4O4. The minimum Gasteiger partial charge on any atom is -0.508 e. The number of amides is 1. The number of hydrogen-bond donors (Lipinski definition) is 3. The van der Waals surface area contributed by atoms with Crippen molar-refractivity contribution in [1.29, 1.82) is 0 Å². The quantitative estimate of drug-likeness (QED) is 0.373. The molecule has 8 heteroatoms. The highest BCUT2D eigenvalue weighted by molar-refractivity contribution is 6.12. The van der Waals surface area contributed by atoms with Gasteiger partial charge in [-0.2, -0.15) is 0 Å². The summed E-state index contributed by atoms with van der Waals surface area (Å²) in [4.78, 5) is 12.8. The second-order valence-electron chi connectivity index (χ2n) is 7.26. The number of phenols is 1. The minimum atomic E-state index is -0.253. The maximum Gasteiger partial charge on any atom is 0.255 e. The Hall–Kier alpha value is -3.65. The van der Waals surface area contributed by atoms with Crippen molar-refractivity contribution < 1.29 is 18.9 Å². The van der Waals surface area contributed by atoms with Crippen molar-refractivity contribution in [3.05, 3.63) is 65.0 Å². The molecule has 0 atom stereocenters. The number of hydrogen-bond acceptors (Lipinski definition) is 7. The maximum absolute atomic E-state index is 12.8. The van der Waals surface area contributed by atoms with E-state index in [1.54, 1.807) is 19.2 Å². The smallest absolute Gasteiger partial charge is 0.255 e. The Morgan fingerprint density at radius 1 is 1.13 bits per heavy atom. The molecular weight excluding hydrogens is 396 g/mol. The Bertz CT molecular complexity index is 1200. The number of aromatic hydroxyl groups is 1. The van der Waals surface area contributed by atoms with Gasteiger partial charge in [-0.15, -0.1) is 0 Å². The summed E-state index contributed by atoms with van der Waals surface area (Å²) in [7, 11) is 1.59. The molecule has 31 heavy (non-hydrogen) atoms. The fourth-order valence-corrected chi connectivity index (χ4v) is 3.64. The lowest BCUT2D eigenvalue weighted by atomic mass is 9.97. The predicted molar refractivity (Wildman–Crippen MR) is 116 cm³/mol. The molecule has 0 aliphatic rings. The molecule has 0 aliphatic heterocycles. The Kier molecular flexibility index (Phi) is 5.99. The molecule has 0 radical (unpaired) electrons. The summed E-state index contributed by atoms with van der Waals surface area (Å²) in [5.74, 6) is 0.389. The summed E-state index contributed by atoms with van der Waals surface area (Å²) in [6, 6.07) is 12.8. The number of nitrogens with zero attached hydrogens (tertiary/aromatic N) is 2. The normalized spacial score (nSPS) is 11.2. The van der Waals surface area contributed by atoms with Crippen LogP contribution in [0.25, 0.3) is 22.3 Å². The zero-order valence-electron chi connectivity index (χ0n) is 17.4. The van der Waals surface area contributed by atoms with Crippen molar-refractivity contribution >= 4 is 16.9 Å². The van der Waals surface area contributed by atoms with Crippen LogP contribution in [0.4, 0.5) is 0 Å². The lowest BCUT2D eigenvalue weighted by molar-refractivity contribution is 0.0964. The van der Waals surface area contributed by atoms with Gasteiger partial charge in [0.1, 0.15) is 28.5 Å². The minimum absolute atomic E-state index is 0.148. The van der Waals surface area contributed by atoms with Gasteiger partial charge in [-0.1, -0.05) is 40.6 Å². The first kappa shape index (κ1) is 20.6. The van der Waals surface area contributed by atoms with E-state index in [1.807, 2.05) is 37.3 Å². The number of fused-ring (bicyclic) bond motifs is 1. The summed E-state index contributed by atoms with van der Waals surface area (Å²) in [6.45, 7) is 3.09. The second-order valence-corrected chi connectivity index (χ2v) is 7.26. The molecule has 0 saturated carbocycles. The molecule has 2 aromatic carbocycles. The SMILES string of the molecule is CNC(=O)c1c(-c2ccccc2)oc2ccc(O)c(CCCNCc3nonc3C)c12. The predicted octanol–water partition coefficient (Wildman–Crippen LogP) is 3.58. The second kappa shape index (κ2) is 9.01. The third-order valence-corrected chi connectivity index (χ3v) is 5.25. The van der Waals surface area contributed by atoms with Crippen LogP contribution >= 0.6 is 0 Å². The largest absolute Gasteiger partial charge is 0.508 e. The Morgan fingerprint density at radius 3 is 2.65 bits per heavy atom. The topological polar surface area (TPSA) is 113 Å². The zero-order chi connectivity index (χ0) is 21.8. The van der Waals surface area contributed by atoms with Gasteiger partial charge in [-0.3, -0.25) is 4.79 Å². The molecule has 160 valence electrons. The first-order valence-corrected chi connectivity index (χ1v) is 10.1. The van der Waals surface area contributed by atoms with Crippen LogP contribution in [0, 0.1) is 6.92 Å². The Morgan fingerprint density at radius 2 is 1.94 bits per heavy atom. The molecule has 0 fully saturated rings. The first-order chi connectivity index (χ1) is 15.1. The Labute approximate surface area is 179 Å². The van der Waals surface area contributed by atoms with Gasteiger partial charge >= 0.3 is 0 Å². The molecule has 0 spiro atoms. The van der Waals surface area contributed by atoms with Gasteiger partial charge < -0.3 is 20.2 Å². The average molecular weight is 420 g/mol. The number of furan rings is 1. The molecule has 4 aromatic rings. The van der Waals surface area contributed by atoms with Gasteiger partial charge in [0.2, 0.25) is 0 Å². The lowest BCUT2D eigenvalue weighted by Gasteiger charge is -2.09. The van der Waals surface area contributed by atoms with Crippen LogP contribution in [0.1, 0.15) is 33.7 Å². The van der Waals surface area contributed by atoms with Crippen LogP contribution in [0.5, 0.6) is 5.75 Å². The highest BCUT2D eigenvalue weighted by Gasteiger charge is 2.24. The number of benzene rings is 2. The Balaban J connectivity index is 1.62. The molecule has 2 aromatic heterocycles. The highest BCUT2D eigenvalue weighted by atomic mass is 16.6. The van der Waals surface area contributed by atoms with Gasteiger partial charge in [-0.05, 0) is 38.4 Å². The number of nitrogens with one attached hydrogen (secondary N) is 2. The van der Waals surface area contributed by atoms with Gasteiger partial charge in [-0.25, -0.2) is 4.63 Å². The van der Waals surface area contributed by atoms with Crippen molar-refractivity contribution in [3.63, 3.8) is 0 Å². The van der Waals surface area contributed by atoms with Crippen LogP contribution in [-0.2, 0) is 13.0 Å². The van der Waals surface area contributed by atoms with Gasteiger partial charge in [0, 0.05) is 30.1 Å². The van der Waals surface area contributed by atoms with Crippen molar-refractivity contribution in [2.45, 2.75) is 26.3 Å². The van der Waals surface area contributed by atoms with E-state index in [0.717, 1.165) is 23.4 Å². The number of aromatic nitrogens is 2. The standard InChI is InChI=1S/C23H24N4O4/c1-14-17(27-31-26-14)13-25-12-6-9-16-18(28)10-11-19-20(16)21(23(29)24-2)22(30-19)15-7-4-3-5-8-15/h3-5,7-8,10-11,25,28H,6,9,12-13H2,1-2H3,(H,24,29). The van der Waals surface area contributed by atoms with Crippen molar-refractivity contribution in [1.82, 2.24) is 20.9 Å². The van der Waals surface area contributed by atoms with Gasteiger partial charge in [0.05, 0.1) is 5.56 Å². The highest BCUT2D eigenvalue weighted by Crippen LogP contribution is 2.39. The monoisotopic (exact) mass is 420 g/mol. The number of phenolic OH excluding ortho intramolecular Hbond substituents is 1.